The summed E-state index contributed by atoms with van der Waals surface area (Å²) in [7, 11) is 0. The Morgan fingerprint density at radius 3 is 2.92 bits per heavy atom. The third-order valence-corrected chi connectivity index (χ3v) is 1.64. The average Bonchev–Trinajstić information content (AvgIpc) is 2.09. The van der Waals surface area contributed by atoms with E-state index >= 15 is 0 Å². The lowest BCUT2D eigenvalue weighted by Crippen LogP contribution is -2.27. The lowest BCUT2D eigenvalue weighted by molar-refractivity contribution is 0.265. The molecule has 0 amide bonds. The Hall–Kier alpha value is -1.13. The van der Waals surface area contributed by atoms with E-state index in [1.54, 1.807) is 12.3 Å². The maximum absolute atomic E-state index is 8.70. The molecule has 0 saturated carbocycles. The highest BCUT2D eigenvalue weighted by Gasteiger charge is 2.04. The van der Waals surface area contributed by atoms with Crippen molar-refractivity contribution in [3.05, 3.63) is 23.9 Å². The average molecular weight is 167 g/mol. The SMILES string of the molecule is Nc1ncccc1CC(N)CO. The van der Waals surface area contributed by atoms with Crippen LogP contribution in [-0.2, 0) is 6.42 Å². The lowest BCUT2D eigenvalue weighted by Gasteiger charge is -2.08. The second-order valence-electron chi connectivity index (χ2n) is 2.69. The molecule has 0 radical (unpaired) electrons. The van der Waals surface area contributed by atoms with Crippen LogP contribution in [0.2, 0.25) is 0 Å². The predicted octanol–water partition coefficient (Wildman–Crippen LogP) is -0.474. The molecular weight excluding hydrogens is 154 g/mol. The van der Waals surface area contributed by atoms with Crippen molar-refractivity contribution in [3.63, 3.8) is 0 Å². The Labute approximate surface area is 71.2 Å². The molecule has 0 bridgehead atoms. The van der Waals surface area contributed by atoms with Gasteiger partial charge >= 0.3 is 0 Å². The van der Waals surface area contributed by atoms with Crippen LogP contribution in [0.5, 0.6) is 0 Å². The van der Waals surface area contributed by atoms with Gasteiger partial charge in [0.05, 0.1) is 6.61 Å². The number of anilines is 1. The van der Waals surface area contributed by atoms with Crippen molar-refractivity contribution >= 4 is 5.82 Å². The van der Waals surface area contributed by atoms with Crippen LogP contribution in [-0.4, -0.2) is 22.7 Å². The van der Waals surface area contributed by atoms with E-state index in [2.05, 4.69) is 4.98 Å². The van der Waals surface area contributed by atoms with Crippen molar-refractivity contribution < 1.29 is 5.11 Å². The molecule has 0 spiro atoms. The minimum absolute atomic E-state index is 0.0334. The number of nitrogen functional groups attached to an aromatic ring is 1. The second kappa shape index (κ2) is 4.04. The quantitative estimate of drug-likeness (QED) is 0.568. The molecular formula is C8H13N3O. The molecule has 12 heavy (non-hydrogen) atoms. The van der Waals surface area contributed by atoms with E-state index in [0.717, 1.165) is 5.56 Å². The number of nitrogens with zero attached hydrogens (tertiary/aromatic N) is 1. The molecule has 0 aliphatic rings. The fraction of sp³-hybridized carbons (Fsp3) is 0.375. The van der Waals surface area contributed by atoms with Crippen LogP contribution in [0.3, 0.4) is 0 Å². The summed E-state index contributed by atoms with van der Waals surface area (Å²) in [5.74, 6) is 0.487. The molecule has 0 aliphatic carbocycles. The molecule has 1 atom stereocenters. The standard InChI is InChI=1S/C8H13N3O/c9-7(5-12)4-6-2-1-3-11-8(6)10/h1-3,7,12H,4-5,9H2,(H2,10,11). The summed E-state index contributed by atoms with van der Waals surface area (Å²) in [6, 6.07) is 3.41. The van der Waals surface area contributed by atoms with Gasteiger partial charge in [-0.3, -0.25) is 0 Å². The highest BCUT2D eigenvalue weighted by molar-refractivity contribution is 5.38. The Balaban J connectivity index is 2.69. The largest absolute Gasteiger partial charge is 0.395 e. The summed E-state index contributed by atoms with van der Waals surface area (Å²) >= 11 is 0. The van der Waals surface area contributed by atoms with E-state index in [-0.39, 0.29) is 12.6 Å². The highest BCUT2D eigenvalue weighted by atomic mass is 16.3. The van der Waals surface area contributed by atoms with Crippen LogP contribution in [0.1, 0.15) is 5.56 Å². The molecule has 66 valence electrons. The molecule has 4 heteroatoms. The molecule has 0 saturated heterocycles. The summed E-state index contributed by atoms with van der Waals surface area (Å²) in [6.07, 6.45) is 2.19. The maximum atomic E-state index is 8.70. The summed E-state index contributed by atoms with van der Waals surface area (Å²) in [5, 5.41) is 8.70. The first kappa shape index (κ1) is 8.96. The predicted molar refractivity (Wildman–Crippen MR) is 47.4 cm³/mol. The minimum Gasteiger partial charge on any atom is -0.395 e. The van der Waals surface area contributed by atoms with Gasteiger partial charge in [-0.25, -0.2) is 4.98 Å². The van der Waals surface area contributed by atoms with Crippen molar-refractivity contribution in [1.82, 2.24) is 4.98 Å². The van der Waals surface area contributed by atoms with Gasteiger partial charge in [0.15, 0.2) is 0 Å². The van der Waals surface area contributed by atoms with E-state index < -0.39 is 0 Å². The molecule has 1 aromatic rings. The van der Waals surface area contributed by atoms with E-state index in [4.69, 9.17) is 16.6 Å². The van der Waals surface area contributed by atoms with Crippen LogP contribution in [0, 0.1) is 0 Å². The Kier molecular flexibility index (Phi) is 3.01. The summed E-state index contributed by atoms with van der Waals surface area (Å²) in [5.41, 5.74) is 12.0. The van der Waals surface area contributed by atoms with Crippen LogP contribution >= 0.6 is 0 Å². The normalized spacial score (nSPS) is 12.8. The van der Waals surface area contributed by atoms with Crippen molar-refractivity contribution in [2.45, 2.75) is 12.5 Å². The zero-order valence-corrected chi connectivity index (χ0v) is 6.77. The topological polar surface area (TPSA) is 85.2 Å². The molecule has 0 aliphatic heterocycles. The molecule has 1 heterocycles. The second-order valence-corrected chi connectivity index (χ2v) is 2.69. The summed E-state index contributed by atoms with van der Waals surface area (Å²) in [4.78, 5) is 3.91. The number of aliphatic hydroxyl groups excluding tert-OH is 1. The van der Waals surface area contributed by atoms with Gasteiger partial charge in [-0.1, -0.05) is 6.07 Å². The third kappa shape index (κ3) is 2.18. The Morgan fingerprint density at radius 1 is 1.58 bits per heavy atom. The van der Waals surface area contributed by atoms with Gasteiger partial charge in [0.2, 0.25) is 0 Å². The molecule has 0 aromatic carbocycles. The monoisotopic (exact) mass is 167 g/mol. The lowest BCUT2D eigenvalue weighted by atomic mass is 10.1. The number of pyridine rings is 1. The van der Waals surface area contributed by atoms with Gasteiger partial charge in [-0.2, -0.15) is 0 Å². The first-order valence-electron chi connectivity index (χ1n) is 3.80. The summed E-state index contributed by atoms with van der Waals surface area (Å²) in [6.45, 7) is -0.0334. The summed E-state index contributed by atoms with van der Waals surface area (Å²) < 4.78 is 0. The molecule has 1 unspecified atom stereocenters. The number of aromatic nitrogens is 1. The van der Waals surface area contributed by atoms with Crippen LogP contribution in [0.25, 0.3) is 0 Å². The first-order chi connectivity index (χ1) is 5.74. The van der Waals surface area contributed by atoms with E-state index in [1.165, 1.54) is 0 Å². The van der Waals surface area contributed by atoms with Gasteiger partial charge in [-0.15, -0.1) is 0 Å². The van der Waals surface area contributed by atoms with Gasteiger partial charge < -0.3 is 16.6 Å². The highest BCUT2D eigenvalue weighted by Crippen LogP contribution is 2.08. The maximum Gasteiger partial charge on any atom is 0.126 e. The van der Waals surface area contributed by atoms with Crippen LogP contribution in [0.4, 0.5) is 5.82 Å². The van der Waals surface area contributed by atoms with E-state index in [9.17, 15) is 0 Å². The first-order valence-corrected chi connectivity index (χ1v) is 3.80. The zero-order chi connectivity index (χ0) is 8.97. The van der Waals surface area contributed by atoms with Crippen molar-refractivity contribution in [3.8, 4) is 0 Å². The number of rotatable bonds is 3. The van der Waals surface area contributed by atoms with Gasteiger partial charge in [0, 0.05) is 12.2 Å². The van der Waals surface area contributed by atoms with Crippen molar-refractivity contribution in [2.75, 3.05) is 12.3 Å². The van der Waals surface area contributed by atoms with Crippen LogP contribution < -0.4 is 11.5 Å². The Bertz CT molecular complexity index is 252. The van der Waals surface area contributed by atoms with Gasteiger partial charge in [0.1, 0.15) is 5.82 Å². The van der Waals surface area contributed by atoms with Gasteiger partial charge in [0.25, 0.3) is 0 Å². The third-order valence-electron chi connectivity index (χ3n) is 1.64. The van der Waals surface area contributed by atoms with Gasteiger partial charge in [-0.05, 0) is 18.1 Å². The number of hydrogen-bond acceptors (Lipinski definition) is 4. The number of aliphatic hydroxyl groups is 1. The Morgan fingerprint density at radius 2 is 2.33 bits per heavy atom. The molecule has 5 N–H and O–H groups in total. The van der Waals surface area contributed by atoms with E-state index in [0.29, 0.717) is 12.2 Å². The minimum atomic E-state index is -0.253. The fourth-order valence-corrected chi connectivity index (χ4v) is 0.970. The van der Waals surface area contributed by atoms with E-state index in [1.807, 2.05) is 6.07 Å². The zero-order valence-electron chi connectivity index (χ0n) is 6.77. The molecule has 1 aromatic heterocycles. The van der Waals surface area contributed by atoms with Crippen molar-refractivity contribution in [1.29, 1.82) is 0 Å². The molecule has 4 nitrogen and oxygen atoms in total. The fourth-order valence-electron chi connectivity index (χ4n) is 0.970. The smallest absolute Gasteiger partial charge is 0.126 e. The number of nitrogens with two attached hydrogens (primary N) is 2. The number of hydrogen-bond donors (Lipinski definition) is 3. The van der Waals surface area contributed by atoms with Crippen molar-refractivity contribution in [2.24, 2.45) is 5.73 Å². The molecule has 0 fully saturated rings. The van der Waals surface area contributed by atoms with Crippen LogP contribution in [0.15, 0.2) is 18.3 Å². The molecule has 1 rings (SSSR count).